The minimum absolute atomic E-state index is 0.112. The first-order valence-corrected chi connectivity index (χ1v) is 10.4. The largest absolute Gasteiger partial charge is 0.507 e. The number of halogens is 1. The molecule has 9 heteroatoms. The Morgan fingerprint density at radius 3 is 2.44 bits per heavy atom. The lowest BCUT2D eigenvalue weighted by molar-refractivity contribution is -0.132. The first kappa shape index (κ1) is 21.6. The number of aliphatic hydroxyl groups is 1. The molecule has 32 heavy (non-hydrogen) atoms. The Morgan fingerprint density at radius 1 is 1.16 bits per heavy atom. The van der Waals surface area contributed by atoms with Gasteiger partial charge in [0.25, 0.3) is 5.78 Å². The zero-order valence-electron chi connectivity index (χ0n) is 17.4. The third-order valence-electron chi connectivity index (χ3n) is 5.22. The molecule has 1 saturated heterocycles. The highest BCUT2D eigenvalue weighted by Crippen LogP contribution is 2.45. The van der Waals surface area contributed by atoms with E-state index in [1.807, 2.05) is 6.92 Å². The summed E-state index contributed by atoms with van der Waals surface area (Å²) in [6.07, 6.45) is 0. The molecule has 1 aliphatic rings. The van der Waals surface area contributed by atoms with E-state index in [1.165, 1.54) is 19.2 Å². The van der Waals surface area contributed by atoms with Crippen LogP contribution in [0, 0.1) is 13.8 Å². The number of aromatic hydroxyl groups is 1. The van der Waals surface area contributed by atoms with Crippen molar-refractivity contribution < 1.29 is 29.1 Å². The van der Waals surface area contributed by atoms with Crippen LogP contribution in [0.25, 0.3) is 5.76 Å². The third-order valence-corrected chi connectivity index (χ3v) is 5.82. The number of carbonyl (C=O) groups is 2. The number of aromatic nitrogens is 1. The predicted octanol–water partition coefficient (Wildman–Crippen LogP) is 4.39. The second-order valence-corrected chi connectivity index (χ2v) is 8.24. The summed E-state index contributed by atoms with van der Waals surface area (Å²) in [5, 5.41) is 25.2. The maximum atomic E-state index is 13.1. The number of nitrogens with zero attached hydrogens (tertiary/aromatic N) is 2. The molecule has 1 amide bonds. The molecule has 0 radical (unpaired) electrons. The summed E-state index contributed by atoms with van der Waals surface area (Å²) in [7, 11) is 1.38. The van der Waals surface area contributed by atoms with Crippen molar-refractivity contribution in [3.63, 3.8) is 0 Å². The second-order valence-electron chi connectivity index (χ2n) is 7.38. The van der Waals surface area contributed by atoms with Gasteiger partial charge in [0.15, 0.2) is 17.3 Å². The molecule has 0 spiro atoms. The molecule has 1 atom stereocenters. The number of methoxy groups -OCH3 is 1. The maximum Gasteiger partial charge on any atom is 0.301 e. The van der Waals surface area contributed by atoms with Crippen LogP contribution >= 0.6 is 15.9 Å². The van der Waals surface area contributed by atoms with Gasteiger partial charge in [-0.3, -0.25) is 14.5 Å². The number of ether oxygens (including phenoxy) is 1. The Hall–Kier alpha value is -3.59. The van der Waals surface area contributed by atoms with Gasteiger partial charge in [0.1, 0.15) is 11.5 Å². The summed E-state index contributed by atoms with van der Waals surface area (Å²) >= 11 is 3.27. The van der Waals surface area contributed by atoms with Crippen LogP contribution in [0.15, 0.2) is 57.0 Å². The number of aliphatic hydroxyl groups excluding tert-OH is 1. The number of Topliss-reactive ketones (excluding diaryl/α,β-unsaturated/α-hetero) is 1. The SMILES string of the molecule is COc1cc([C@@H]2/C(=C(\O)c3ccc(C)cc3)C(=O)C(=O)N2c2cc(C)on2)cc(Br)c1O. The summed E-state index contributed by atoms with van der Waals surface area (Å²) in [5.74, 6) is -1.48. The normalized spacial score (nSPS) is 17.8. The first-order valence-electron chi connectivity index (χ1n) is 9.60. The van der Waals surface area contributed by atoms with Crippen LogP contribution in [-0.4, -0.2) is 34.2 Å². The van der Waals surface area contributed by atoms with Crippen LogP contribution in [0.1, 0.15) is 28.5 Å². The van der Waals surface area contributed by atoms with E-state index in [4.69, 9.17) is 9.26 Å². The van der Waals surface area contributed by atoms with E-state index in [0.29, 0.717) is 21.4 Å². The van der Waals surface area contributed by atoms with Crippen molar-refractivity contribution in [2.45, 2.75) is 19.9 Å². The summed E-state index contributed by atoms with van der Waals surface area (Å²) < 4.78 is 10.7. The van der Waals surface area contributed by atoms with E-state index >= 15 is 0 Å². The number of aryl methyl sites for hydroxylation is 2. The van der Waals surface area contributed by atoms with E-state index < -0.39 is 17.7 Å². The Bertz CT molecular complexity index is 1260. The summed E-state index contributed by atoms with van der Waals surface area (Å²) in [6.45, 7) is 3.56. The van der Waals surface area contributed by atoms with E-state index in [-0.39, 0.29) is 28.6 Å². The highest BCUT2D eigenvalue weighted by atomic mass is 79.9. The predicted molar refractivity (Wildman–Crippen MR) is 120 cm³/mol. The Labute approximate surface area is 191 Å². The monoisotopic (exact) mass is 498 g/mol. The number of phenols is 1. The van der Waals surface area contributed by atoms with E-state index in [2.05, 4.69) is 21.1 Å². The number of phenolic OH excluding ortho intramolecular Hbond substituents is 1. The third kappa shape index (κ3) is 3.54. The lowest BCUT2D eigenvalue weighted by Crippen LogP contribution is -2.29. The number of hydrogen-bond donors (Lipinski definition) is 2. The topological polar surface area (TPSA) is 113 Å². The molecule has 2 aromatic carbocycles. The van der Waals surface area contributed by atoms with Gasteiger partial charge in [0, 0.05) is 11.6 Å². The molecule has 164 valence electrons. The van der Waals surface area contributed by atoms with Gasteiger partial charge in [0.2, 0.25) is 0 Å². The maximum absolute atomic E-state index is 13.1. The second kappa shape index (κ2) is 8.16. The van der Waals surface area contributed by atoms with E-state index in [9.17, 15) is 19.8 Å². The van der Waals surface area contributed by atoms with Gasteiger partial charge in [-0.25, -0.2) is 0 Å². The number of carbonyl (C=O) groups excluding carboxylic acids is 2. The van der Waals surface area contributed by atoms with Crippen molar-refractivity contribution in [2.24, 2.45) is 0 Å². The smallest absolute Gasteiger partial charge is 0.301 e. The average Bonchev–Trinajstić information content (AvgIpc) is 3.31. The van der Waals surface area contributed by atoms with Gasteiger partial charge in [0.05, 0.1) is 23.2 Å². The molecule has 8 nitrogen and oxygen atoms in total. The zero-order valence-corrected chi connectivity index (χ0v) is 19.0. The van der Waals surface area contributed by atoms with Crippen LogP contribution in [0.3, 0.4) is 0 Å². The number of amides is 1. The summed E-state index contributed by atoms with van der Waals surface area (Å²) in [6, 6.07) is 10.5. The number of ketones is 1. The van der Waals surface area contributed by atoms with Gasteiger partial charge >= 0.3 is 5.91 Å². The summed E-state index contributed by atoms with van der Waals surface area (Å²) in [5.41, 5.74) is 1.67. The molecule has 2 N–H and O–H groups in total. The molecule has 0 aliphatic carbocycles. The number of hydrogen-bond acceptors (Lipinski definition) is 7. The van der Waals surface area contributed by atoms with Crippen molar-refractivity contribution in [3.05, 3.63) is 75.0 Å². The fourth-order valence-corrected chi connectivity index (χ4v) is 4.08. The lowest BCUT2D eigenvalue weighted by Gasteiger charge is -2.23. The van der Waals surface area contributed by atoms with Crippen LogP contribution in [0.5, 0.6) is 11.5 Å². The van der Waals surface area contributed by atoms with Crippen LogP contribution < -0.4 is 9.64 Å². The number of rotatable bonds is 4. The number of anilines is 1. The Balaban J connectivity index is 1.99. The number of benzene rings is 2. The highest BCUT2D eigenvalue weighted by molar-refractivity contribution is 9.10. The highest BCUT2D eigenvalue weighted by Gasteiger charge is 2.48. The van der Waals surface area contributed by atoms with Gasteiger partial charge in [-0.2, -0.15) is 0 Å². The van der Waals surface area contributed by atoms with Crippen molar-refractivity contribution in [3.8, 4) is 11.5 Å². The summed E-state index contributed by atoms with van der Waals surface area (Å²) in [4.78, 5) is 27.3. The van der Waals surface area contributed by atoms with Gasteiger partial charge in [-0.1, -0.05) is 35.0 Å². The van der Waals surface area contributed by atoms with Crippen molar-refractivity contribution in [1.29, 1.82) is 0 Å². The van der Waals surface area contributed by atoms with Crippen LogP contribution in [-0.2, 0) is 9.59 Å². The van der Waals surface area contributed by atoms with E-state index in [1.54, 1.807) is 37.3 Å². The minimum Gasteiger partial charge on any atom is -0.507 e. The molecule has 1 fully saturated rings. The molecular formula is C23H19BrN2O6. The average molecular weight is 499 g/mol. The zero-order chi connectivity index (χ0) is 23.2. The molecule has 0 saturated carbocycles. The lowest BCUT2D eigenvalue weighted by atomic mass is 9.94. The standard InChI is InChI=1S/C23H19BrN2O6/c1-11-4-6-13(7-5-11)20(27)18-19(14-9-15(24)21(28)16(10-14)31-3)26(23(30)22(18)29)17-8-12(2)32-25-17/h4-10,19,27-28H,1-3H3/b20-18+/t19-/m1/s1. The fourth-order valence-electron chi connectivity index (χ4n) is 3.63. The molecule has 0 bridgehead atoms. The van der Waals surface area contributed by atoms with Crippen molar-refractivity contribution >= 4 is 39.2 Å². The molecule has 2 heterocycles. The van der Waals surface area contributed by atoms with Crippen LogP contribution in [0.2, 0.25) is 0 Å². The molecule has 4 rings (SSSR count). The first-order chi connectivity index (χ1) is 15.2. The van der Waals surface area contributed by atoms with Crippen LogP contribution in [0.4, 0.5) is 5.82 Å². The quantitative estimate of drug-likeness (QED) is 0.311. The Morgan fingerprint density at radius 2 is 1.84 bits per heavy atom. The van der Waals surface area contributed by atoms with Crippen molar-refractivity contribution in [1.82, 2.24) is 5.16 Å². The van der Waals surface area contributed by atoms with Gasteiger partial charge in [-0.15, -0.1) is 0 Å². The molecular weight excluding hydrogens is 480 g/mol. The molecule has 0 unspecified atom stereocenters. The minimum atomic E-state index is -1.04. The fraction of sp³-hybridized carbons (Fsp3) is 0.174. The molecule has 1 aliphatic heterocycles. The van der Waals surface area contributed by atoms with Gasteiger partial charge in [-0.05, 0) is 47.5 Å². The molecule has 1 aromatic heterocycles. The van der Waals surface area contributed by atoms with E-state index in [0.717, 1.165) is 10.5 Å². The molecule has 3 aromatic rings. The Kier molecular flexibility index (Phi) is 5.52. The van der Waals surface area contributed by atoms with Gasteiger partial charge < -0.3 is 19.5 Å². The van der Waals surface area contributed by atoms with Crippen molar-refractivity contribution in [2.75, 3.05) is 12.0 Å².